The maximum Gasteiger partial charge on any atom is 0.331 e. The maximum atomic E-state index is 12.1. The molecule has 3 fully saturated rings. The second-order valence-corrected chi connectivity index (χ2v) is 10.5. The summed E-state index contributed by atoms with van der Waals surface area (Å²) < 4.78 is 5.99. The third kappa shape index (κ3) is 2.15. The summed E-state index contributed by atoms with van der Waals surface area (Å²) in [6.45, 7) is 2.42. The van der Waals surface area contributed by atoms with Gasteiger partial charge in [-0.15, -0.1) is 0 Å². The van der Waals surface area contributed by atoms with Gasteiger partial charge < -0.3 is 4.74 Å². The van der Waals surface area contributed by atoms with Crippen molar-refractivity contribution in [2.45, 2.75) is 76.7 Å². The highest BCUT2D eigenvalue weighted by atomic mass is 16.6. The predicted octanol–water partition coefficient (Wildman–Crippen LogP) is 4.76. The maximum absolute atomic E-state index is 12.1. The van der Waals surface area contributed by atoms with Gasteiger partial charge in [0.2, 0.25) is 0 Å². The molecule has 3 nitrogen and oxygen atoms in total. The fourth-order valence-electron chi connectivity index (χ4n) is 8.09. The molecule has 1 spiro atoms. The fraction of sp³-hybridized carbons (Fsp3) is 0.750. The fourth-order valence-corrected chi connectivity index (χ4v) is 8.09. The number of ether oxygens (including phenoxy) is 1. The second-order valence-electron chi connectivity index (χ2n) is 10.5. The minimum atomic E-state index is -0.342. The van der Waals surface area contributed by atoms with E-state index in [-0.39, 0.29) is 17.0 Å². The van der Waals surface area contributed by atoms with Gasteiger partial charge in [0.15, 0.2) is 0 Å². The van der Waals surface area contributed by atoms with Gasteiger partial charge >= 0.3 is 5.97 Å². The van der Waals surface area contributed by atoms with Crippen LogP contribution in [-0.4, -0.2) is 17.4 Å². The number of esters is 1. The molecule has 0 aromatic carbocycles. The van der Waals surface area contributed by atoms with Gasteiger partial charge in [0.25, 0.3) is 0 Å². The number of allylic oxidation sites excluding steroid dienone is 2. The number of carbonyl (C=O) groups is 2. The van der Waals surface area contributed by atoms with Crippen LogP contribution in [0.5, 0.6) is 0 Å². The van der Waals surface area contributed by atoms with E-state index < -0.39 is 0 Å². The normalized spacial score (nSPS) is 48.5. The molecule has 0 N–H and O–H groups in total. The van der Waals surface area contributed by atoms with E-state index in [1.54, 1.807) is 11.6 Å². The van der Waals surface area contributed by atoms with E-state index in [4.69, 9.17) is 4.74 Å². The van der Waals surface area contributed by atoms with Crippen LogP contribution in [-0.2, 0) is 14.3 Å². The highest BCUT2D eigenvalue weighted by molar-refractivity contribution is 5.85. The van der Waals surface area contributed by atoms with Crippen molar-refractivity contribution in [1.29, 1.82) is 0 Å². The lowest BCUT2D eigenvalue weighted by atomic mass is 9.49. The molecule has 144 valence electrons. The van der Waals surface area contributed by atoms with Crippen LogP contribution >= 0.6 is 0 Å². The molecular weight excluding hydrogens is 336 g/mol. The smallest absolute Gasteiger partial charge is 0.331 e. The first-order valence-electron chi connectivity index (χ1n) is 11.2. The number of carbonyl (C=O) groups excluding carboxylic acids is 2. The van der Waals surface area contributed by atoms with E-state index >= 15 is 0 Å². The minimum absolute atomic E-state index is 0.0898. The molecule has 0 amide bonds. The average Bonchev–Trinajstić information content (AvgIpc) is 3.36. The predicted molar refractivity (Wildman–Crippen MR) is 102 cm³/mol. The van der Waals surface area contributed by atoms with Crippen molar-refractivity contribution in [3.63, 3.8) is 0 Å². The monoisotopic (exact) mass is 366 g/mol. The molecule has 6 atom stereocenters. The Morgan fingerprint density at radius 1 is 1.07 bits per heavy atom. The van der Waals surface area contributed by atoms with E-state index in [9.17, 15) is 9.59 Å². The SMILES string of the molecule is C[C@]12CC[C@@H]3C4=C(CC(=O)CC4)C[C@@H](C4CC4)[C@H]3[C@@H]1CC[C@@]21C=CC(=O)O1. The first kappa shape index (κ1) is 16.6. The molecule has 0 bridgehead atoms. The van der Waals surface area contributed by atoms with Gasteiger partial charge in [-0.25, -0.2) is 4.79 Å². The van der Waals surface area contributed by atoms with Crippen LogP contribution in [0.1, 0.15) is 71.1 Å². The minimum Gasteiger partial charge on any atom is -0.451 e. The standard InChI is InChI=1S/C24H30O3/c1-23-9-6-18-17-5-4-16(25)12-15(17)13-19(14-2-3-14)22(18)20(23)7-10-24(23)11-8-21(26)27-24/h8,11,14,18-20,22H,2-7,9-10,12-13H2,1H3/t18-,19+,20+,22+,23+,24-/m1/s1. The molecule has 3 saturated carbocycles. The van der Waals surface area contributed by atoms with Crippen LogP contribution in [0.15, 0.2) is 23.3 Å². The summed E-state index contributed by atoms with van der Waals surface area (Å²) in [5.74, 6) is 4.06. The lowest BCUT2D eigenvalue weighted by molar-refractivity contribution is -0.161. The lowest BCUT2D eigenvalue weighted by Gasteiger charge is -2.56. The zero-order valence-electron chi connectivity index (χ0n) is 16.3. The summed E-state index contributed by atoms with van der Waals surface area (Å²) in [5.41, 5.74) is 2.96. The number of hydrogen-bond acceptors (Lipinski definition) is 3. The van der Waals surface area contributed by atoms with Gasteiger partial charge in [-0.05, 0) is 87.0 Å². The topological polar surface area (TPSA) is 43.4 Å². The van der Waals surface area contributed by atoms with Gasteiger partial charge in [-0.2, -0.15) is 0 Å². The van der Waals surface area contributed by atoms with Crippen LogP contribution in [0.2, 0.25) is 0 Å². The summed E-state index contributed by atoms with van der Waals surface area (Å²) in [4.78, 5) is 24.1. The highest BCUT2D eigenvalue weighted by Crippen LogP contribution is 2.69. The van der Waals surface area contributed by atoms with Crippen molar-refractivity contribution in [2.75, 3.05) is 0 Å². The van der Waals surface area contributed by atoms with Crippen molar-refractivity contribution >= 4 is 11.8 Å². The van der Waals surface area contributed by atoms with E-state index in [1.165, 1.54) is 37.7 Å². The Morgan fingerprint density at radius 3 is 2.67 bits per heavy atom. The molecule has 0 aromatic rings. The van der Waals surface area contributed by atoms with Crippen LogP contribution in [0.25, 0.3) is 0 Å². The summed E-state index contributed by atoms with van der Waals surface area (Å²) in [6.07, 6.45) is 14.8. The number of Topliss-reactive ketones (excluding diaryl/α,β-unsaturated/α-hetero) is 1. The summed E-state index contributed by atoms with van der Waals surface area (Å²) in [5, 5.41) is 0. The first-order chi connectivity index (χ1) is 13.0. The van der Waals surface area contributed by atoms with Gasteiger partial charge in [-0.3, -0.25) is 4.79 Å². The Morgan fingerprint density at radius 2 is 1.93 bits per heavy atom. The molecule has 0 saturated heterocycles. The van der Waals surface area contributed by atoms with E-state index in [0.29, 0.717) is 17.6 Å². The van der Waals surface area contributed by atoms with Crippen molar-refractivity contribution in [3.05, 3.63) is 23.3 Å². The van der Waals surface area contributed by atoms with Crippen molar-refractivity contribution in [1.82, 2.24) is 0 Å². The molecule has 6 rings (SSSR count). The van der Waals surface area contributed by atoms with Crippen molar-refractivity contribution in [2.24, 2.45) is 35.0 Å². The molecule has 0 unspecified atom stereocenters. The molecule has 27 heavy (non-hydrogen) atoms. The van der Waals surface area contributed by atoms with E-state index in [0.717, 1.165) is 49.9 Å². The molecule has 1 heterocycles. The van der Waals surface area contributed by atoms with E-state index in [2.05, 4.69) is 13.0 Å². The second kappa shape index (κ2) is 5.36. The molecule has 0 aromatic heterocycles. The summed E-state index contributed by atoms with van der Waals surface area (Å²) in [7, 11) is 0. The molecule has 3 heteroatoms. The number of fused-ring (bicyclic) bond motifs is 5. The zero-order valence-corrected chi connectivity index (χ0v) is 16.3. The Bertz CT molecular complexity index is 787. The summed E-state index contributed by atoms with van der Waals surface area (Å²) in [6, 6.07) is 0. The summed E-state index contributed by atoms with van der Waals surface area (Å²) >= 11 is 0. The van der Waals surface area contributed by atoms with Crippen molar-refractivity contribution < 1.29 is 14.3 Å². The number of rotatable bonds is 1. The van der Waals surface area contributed by atoms with E-state index in [1.807, 2.05) is 0 Å². The third-order valence-electron chi connectivity index (χ3n) is 9.48. The number of ketones is 1. The van der Waals surface area contributed by atoms with Crippen molar-refractivity contribution in [3.8, 4) is 0 Å². The number of hydrogen-bond donors (Lipinski definition) is 0. The first-order valence-corrected chi connectivity index (χ1v) is 11.2. The molecule has 6 aliphatic rings. The Balaban J connectivity index is 1.41. The van der Waals surface area contributed by atoms with Gasteiger partial charge in [0.1, 0.15) is 11.4 Å². The zero-order chi connectivity index (χ0) is 18.4. The highest BCUT2D eigenvalue weighted by Gasteiger charge is 2.66. The van der Waals surface area contributed by atoms with Crippen LogP contribution in [0, 0.1) is 35.0 Å². The van der Waals surface area contributed by atoms with Gasteiger partial charge in [0.05, 0.1) is 0 Å². The van der Waals surface area contributed by atoms with Crippen LogP contribution in [0.4, 0.5) is 0 Å². The molecule has 0 radical (unpaired) electrons. The lowest BCUT2D eigenvalue weighted by Crippen LogP contribution is -2.53. The van der Waals surface area contributed by atoms with Crippen LogP contribution in [0.3, 0.4) is 0 Å². The largest absolute Gasteiger partial charge is 0.451 e. The molecule has 1 aliphatic heterocycles. The Kier molecular flexibility index (Phi) is 3.29. The molecule has 5 aliphatic carbocycles. The van der Waals surface area contributed by atoms with Crippen LogP contribution < -0.4 is 0 Å². The third-order valence-corrected chi connectivity index (χ3v) is 9.48. The molecular formula is C24H30O3. The van der Waals surface area contributed by atoms with Gasteiger partial charge in [0, 0.05) is 24.3 Å². The van der Waals surface area contributed by atoms with Gasteiger partial charge in [-0.1, -0.05) is 18.1 Å². The average molecular weight is 367 g/mol. The Hall–Kier alpha value is -1.38. The Labute approximate surface area is 161 Å². The quantitative estimate of drug-likeness (QED) is 0.496.